The van der Waals surface area contributed by atoms with Crippen LogP contribution in [0.1, 0.15) is 118 Å². The molecule has 3 aliphatic rings. The summed E-state index contributed by atoms with van der Waals surface area (Å²) >= 11 is 4.84. The zero-order valence-corrected chi connectivity index (χ0v) is 22.9. The first-order valence-electron chi connectivity index (χ1n) is 13.1. The van der Waals surface area contributed by atoms with Crippen LogP contribution in [0.25, 0.3) is 0 Å². The molecule has 2 unspecified atom stereocenters. The molecule has 0 aromatic rings. The number of ketones is 2. The standard InChI is InChI=1S/C16H30OS.C10H16O4S/c1-3-5-12-16(18,13-6-4-2)15(17)14-10-8-7-9-11-14;1-9(2)7-3-4-10(9,8(11)5-7)6-15(12,13)14/h14,18H,3-13H2,1-2H3;7H,3-6H2,1-2H3,(H,12,13,14). The van der Waals surface area contributed by atoms with Crippen molar-refractivity contribution in [3.05, 3.63) is 0 Å². The van der Waals surface area contributed by atoms with E-state index >= 15 is 0 Å². The van der Waals surface area contributed by atoms with Crippen molar-refractivity contribution >= 4 is 34.3 Å². The lowest BCUT2D eigenvalue weighted by Crippen LogP contribution is -2.42. The molecule has 0 saturated heterocycles. The molecule has 0 radical (unpaired) electrons. The maximum atomic E-state index is 12.8. The molecular weight excluding hydrogens is 456 g/mol. The van der Waals surface area contributed by atoms with Gasteiger partial charge in [-0.05, 0) is 49.9 Å². The Balaban J connectivity index is 0.000000237. The van der Waals surface area contributed by atoms with Crippen LogP contribution in [0.4, 0.5) is 0 Å². The smallest absolute Gasteiger partial charge is 0.265 e. The summed E-state index contributed by atoms with van der Waals surface area (Å²) in [5.74, 6) is 0.674. The topological polar surface area (TPSA) is 88.5 Å². The Morgan fingerprint density at radius 2 is 1.61 bits per heavy atom. The first kappa shape index (κ1) is 28.8. The molecule has 0 aliphatic heterocycles. The minimum absolute atomic E-state index is 0.0152. The monoisotopic (exact) mass is 502 g/mol. The van der Waals surface area contributed by atoms with Gasteiger partial charge in [0.05, 0.1) is 15.9 Å². The van der Waals surface area contributed by atoms with Crippen LogP contribution in [0.5, 0.6) is 0 Å². The SMILES string of the molecule is CC1(C)C2CCC1(CS(=O)(=O)O)C(=O)C2.CCCCC(S)(CCCC)C(=O)C1CCCCC1. The molecule has 3 saturated carbocycles. The van der Waals surface area contributed by atoms with Crippen molar-refractivity contribution in [2.45, 2.75) is 122 Å². The average molecular weight is 503 g/mol. The highest BCUT2D eigenvalue weighted by molar-refractivity contribution is 7.85. The van der Waals surface area contributed by atoms with Crippen molar-refractivity contribution < 1.29 is 22.6 Å². The maximum Gasteiger partial charge on any atom is 0.265 e. The van der Waals surface area contributed by atoms with Gasteiger partial charge in [0.25, 0.3) is 10.1 Å². The van der Waals surface area contributed by atoms with Crippen LogP contribution in [0.3, 0.4) is 0 Å². The maximum absolute atomic E-state index is 12.8. The lowest BCUT2D eigenvalue weighted by molar-refractivity contribution is -0.128. The van der Waals surface area contributed by atoms with Gasteiger partial charge < -0.3 is 0 Å². The lowest BCUT2D eigenvalue weighted by Gasteiger charge is -2.35. The highest BCUT2D eigenvalue weighted by atomic mass is 32.2. The quantitative estimate of drug-likeness (QED) is 0.264. The minimum atomic E-state index is -4.08. The molecular formula is C26H46O5S2. The third-order valence-corrected chi connectivity index (χ3v) is 10.4. The second kappa shape index (κ2) is 11.6. The fourth-order valence-electron chi connectivity index (χ4n) is 6.47. The zero-order chi connectivity index (χ0) is 24.9. The van der Waals surface area contributed by atoms with Gasteiger partial charge >= 0.3 is 0 Å². The first-order chi connectivity index (χ1) is 15.3. The summed E-state index contributed by atoms with van der Waals surface area (Å²) in [4.78, 5) is 24.6. The second-order valence-corrected chi connectivity index (χ2v) is 13.6. The summed E-state index contributed by atoms with van der Waals surface area (Å²) < 4.78 is 30.7. The summed E-state index contributed by atoms with van der Waals surface area (Å²) in [5, 5.41) is 0. The fraction of sp³-hybridized carbons (Fsp3) is 0.923. The molecule has 3 rings (SSSR count). The van der Waals surface area contributed by atoms with E-state index in [4.69, 9.17) is 17.2 Å². The highest BCUT2D eigenvalue weighted by Gasteiger charge is 2.65. The van der Waals surface area contributed by atoms with Crippen LogP contribution >= 0.6 is 12.6 Å². The molecule has 0 amide bonds. The van der Waals surface area contributed by atoms with Gasteiger partial charge in [0, 0.05) is 12.3 Å². The molecule has 2 atom stereocenters. The van der Waals surface area contributed by atoms with E-state index in [0.29, 0.717) is 24.5 Å². The molecule has 0 heterocycles. The van der Waals surface area contributed by atoms with Crippen LogP contribution in [0.15, 0.2) is 0 Å². The van der Waals surface area contributed by atoms with Gasteiger partial charge in [-0.25, -0.2) is 0 Å². The Labute approximate surface area is 207 Å². The third kappa shape index (κ3) is 6.63. The van der Waals surface area contributed by atoms with Gasteiger partial charge in [-0.3, -0.25) is 14.1 Å². The molecule has 192 valence electrons. The van der Waals surface area contributed by atoms with Gasteiger partial charge in [-0.1, -0.05) is 72.6 Å². The number of rotatable bonds is 10. The van der Waals surface area contributed by atoms with Crippen LogP contribution in [0, 0.1) is 22.7 Å². The fourth-order valence-corrected chi connectivity index (χ4v) is 8.27. The van der Waals surface area contributed by atoms with Crippen molar-refractivity contribution in [3.8, 4) is 0 Å². The van der Waals surface area contributed by atoms with Crippen molar-refractivity contribution in [2.24, 2.45) is 22.7 Å². The molecule has 3 aliphatic carbocycles. The van der Waals surface area contributed by atoms with Crippen molar-refractivity contribution in [2.75, 3.05) is 5.75 Å². The van der Waals surface area contributed by atoms with Gasteiger partial charge in [-0.15, -0.1) is 0 Å². The van der Waals surface area contributed by atoms with Crippen LogP contribution < -0.4 is 0 Å². The molecule has 7 heteroatoms. The van der Waals surface area contributed by atoms with E-state index < -0.39 is 21.3 Å². The Morgan fingerprint density at radius 3 is 2.00 bits per heavy atom. The van der Waals surface area contributed by atoms with Gasteiger partial charge in [0.1, 0.15) is 5.78 Å². The van der Waals surface area contributed by atoms with Crippen molar-refractivity contribution in [1.82, 2.24) is 0 Å². The highest BCUT2D eigenvalue weighted by Crippen LogP contribution is 2.64. The summed E-state index contributed by atoms with van der Waals surface area (Å²) in [6, 6.07) is 0. The molecule has 5 nitrogen and oxygen atoms in total. The lowest BCUT2D eigenvalue weighted by atomic mass is 9.70. The number of fused-ring (bicyclic) bond motifs is 2. The Hall–Kier alpha value is -0.400. The minimum Gasteiger partial charge on any atom is -0.299 e. The van der Waals surface area contributed by atoms with E-state index in [9.17, 15) is 18.0 Å². The van der Waals surface area contributed by atoms with Crippen molar-refractivity contribution in [1.29, 1.82) is 0 Å². The molecule has 2 bridgehead atoms. The Morgan fingerprint density at radius 1 is 1.06 bits per heavy atom. The predicted molar refractivity (Wildman–Crippen MR) is 137 cm³/mol. The van der Waals surface area contributed by atoms with E-state index in [1.807, 2.05) is 13.8 Å². The molecule has 33 heavy (non-hydrogen) atoms. The number of carbonyl (C=O) groups is 2. The predicted octanol–water partition coefficient (Wildman–Crippen LogP) is 6.45. The molecule has 3 fully saturated rings. The number of carbonyl (C=O) groups excluding carboxylic acids is 2. The van der Waals surface area contributed by atoms with Crippen LogP contribution in [0.2, 0.25) is 0 Å². The van der Waals surface area contributed by atoms with Crippen molar-refractivity contribution in [3.63, 3.8) is 0 Å². The van der Waals surface area contributed by atoms with E-state index in [2.05, 4.69) is 13.8 Å². The molecule has 0 aromatic heterocycles. The summed E-state index contributed by atoms with van der Waals surface area (Å²) in [5.41, 5.74) is -1.12. The van der Waals surface area contributed by atoms with E-state index in [-0.39, 0.29) is 21.9 Å². The van der Waals surface area contributed by atoms with E-state index in [1.165, 1.54) is 19.3 Å². The second-order valence-electron chi connectivity index (χ2n) is 11.3. The van der Waals surface area contributed by atoms with Crippen LogP contribution in [-0.2, 0) is 19.7 Å². The number of thiol groups is 1. The summed E-state index contributed by atoms with van der Waals surface area (Å²) in [7, 11) is -4.08. The number of hydrogen-bond acceptors (Lipinski definition) is 5. The average Bonchev–Trinajstić information content (AvgIpc) is 3.10. The Kier molecular flexibility index (Phi) is 10.1. The summed E-state index contributed by atoms with van der Waals surface area (Å²) in [6.45, 7) is 8.28. The van der Waals surface area contributed by atoms with Gasteiger partial charge in [-0.2, -0.15) is 21.0 Å². The number of unbranched alkanes of at least 4 members (excludes halogenated alkanes) is 2. The number of Topliss-reactive ketones (excluding diaryl/α,β-unsaturated/α-hetero) is 2. The molecule has 0 spiro atoms. The molecule has 1 N–H and O–H groups in total. The Bertz CT molecular complexity index is 775. The largest absolute Gasteiger partial charge is 0.299 e. The first-order valence-corrected chi connectivity index (χ1v) is 15.1. The normalized spacial score (nSPS) is 27.3. The van der Waals surface area contributed by atoms with Crippen LogP contribution in [-0.4, -0.2) is 35.0 Å². The zero-order valence-electron chi connectivity index (χ0n) is 21.2. The van der Waals surface area contributed by atoms with E-state index in [1.54, 1.807) is 0 Å². The number of hydrogen-bond donors (Lipinski definition) is 2. The molecule has 0 aromatic carbocycles. The third-order valence-electron chi connectivity index (χ3n) is 8.89. The summed E-state index contributed by atoms with van der Waals surface area (Å²) in [6.07, 6.45) is 14.5. The van der Waals surface area contributed by atoms with Gasteiger partial charge in [0.2, 0.25) is 0 Å². The van der Waals surface area contributed by atoms with Gasteiger partial charge in [0.15, 0.2) is 5.78 Å². The van der Waals surface area contributed by atoms with E-state index in [0.717, 1.165) is 57.8 Å².